The lowest BCUT2D eigenvalue weighted by molar-refractivity contribution is -0.117. The Bertz CT molecular complexity index is 743. The maximum Gasteiger partial charge on any atom is 0.252 e. The number of benzene rings is 2. The van der Waals surface area contributed by atoms with E-state index in [1.54, 1.807) is 6.20 Å². The summed E-state index contributed by atoms with van der Waals surface area (Å²) in [6.45, 7) is 0. The highest BCUT2D eigenvalue weighted by atomic mass is 19.1. The lowest BCUT2D eigenvalue weighted by Gasteiger charge is -2.01. The van der Waals surface area contributed by atoms with Crippen molar-refractivity contribution in [2.75, 3.05) is 5.32 Å². The Balaban J connectivity index is 1.91. The molecule has 1 amide bonds. The molecule has 6 heteroatoms. The number of amidine groups is 1. The number of aromatic hydroxyl groups is 1. The van der Waals surface area contributed by atoms with E-state index in [0.29, 0.717) is 5.56 Å². The van der Waals surface area contributed by atoms with Crippen LogP contribution in [-0.4, -0.2) is 16.8 Å². The average molecular weight is 313 g/mol. The van der Waals surface area contributed by atoms with Crippen LogP contribution in [0.25, 0.3) is 0 Å². The first-order valence-electron chi connectivity index (χ1n) is 6.87. The van der Waals surface area contributed by atoms with Crippen LogP contribution < -0.4 is 11.1 Å². The molecule has 4 N–H and O–H groups in total. The number of amides is 1. The number of aliphatic imine (C=N–C) groups is 1. The topological polar surface area (TPSA) is 87.7 Å². The second-order valence-corrected chi connectivity index (χ2v) is 4.74. The second kappa shape index (κ2) is 7.74. The van der Waals surface area contributed by atoms with Gasteiger partial charge in [0.1, 0.15) is 5.84 Å². The van der Waals surface area contributed by atoms with Crippen molar-refractivity contribution in [2.45, 2.75) is 6.42 Å². The van der Waals surface area contributed by atoms with Gasteiger partial charge >= 0.3 is 0 Å². The first-order chi connectivity index (χ1) is 11.0. The Morgan fingerprint density at radius 2 is 2.00 bits per heavy atom. The molecule has 0 aromatic heterocycles. The van der Waals surface area contributed by atoms with E-state index in [9.17, 15) is 9.18 Å². The van der Waals surface area contributed by atoms with Crippen LogP contribution in [0.2, 0.25) is 0 Å². The van der Waals surface area contributed by atoms with E-state index in [2.05, 4.69) is 10.3 Å². The molecule has 2 aromatic carbocycles. The van der Waals surface area contributed by atoms with Gasteiger partial charge in [0, 0.05) is 11.9 Å². The number of hydrogen-bond donors (Lipinski definition) is 3. The maximum absolute atomic E-state index is 13.2. The zero-order chi connectivity index (χ0) is 16.7. The van der Waals surface area contributed by atoms with Crippen molar-refractivity contribution in [2.24, 2.45) is 10.7 Å². The predicted octanol–water partition coefficient (Wildman–Crippen LogP) is 2.58. The minimum absolute atomic E-state index is 0.0395. The van der Waals surface area contributed by atoms with Gasteiger partial charge in [-0.3, -0.25) is 4.79 Å². The summed E-state index contributed by atoms with van der Waals surface area (Å²) in [6.07, 6.45) is 2.93. The van der Waals surface area contributed by atoms with Crippen molar-refractivity contribution in [1.82, 2.24) is 0 Å². The van der Waals surface area contributed by atoms with Crippen LogP contribution >= 0.6 is 0 Å². The normalized spacial score (nSPS) is 11.6. The van der Waals surface area contributed by atoms with Gasteiger partial charge in [0.2, 0.25) is 0 Å². The number of nitrogens with zero attached hydrogens (tertiary/aromatic N) is 1. The first kappa shape index (κ1) is 16.2. The van der Waals surface area contributed by atoms with E-state index in [0.717, 1.165) is 11.8 Å². The molecule has 0 radical (unpaired) electrons. The molecule has 0 heterocycles. The summed E-state index contributed by atoms with van der Waals surface area (Å²) in [6, 6.07) is 13.1. The first-order valence-corrected chi connectivity index (χ1v) is 6.87. The molecule has 0 unspecified atom stereocenters. The molecule has 0 aliphatic heterocycles. The Morgan fingerprint density at radius 1 is 1.26 bits per heavy atom. The summed E-state index contributed by atoms with van der Waals surface area (Å²) in [5, 5.41) is 12.1. The number of rotatable bonds is 5. The van der Waals surface area contributed by atoms with Crippen LogP contribution in [0.4, 0.5) is 10.1 Å². The van der Waals surface area contributed by atoms with E-state index in [1.165, 1.54) is 18.2 Å². The summed E-state index contributed by atoms with van der Waals surface area (Å²) in [5.74, 6) is -1.70. The highest BCUT2D eigenvalue weighted by Crippen LogP contribution is 2.16. The number of nitrogens with two attached hydrogens (primary N) is 1. The number of anilines is 1. The van der Waals surface area contributed by atoms with E-state index >= 15 is 0 Å². The standard InChI is InChI=1S/C17H16FN3O2/c18-14-10-12(6-7-15(14)22)11-17(23)21-16(19)8-9-20-13-4-2-1-3-5-13/h1-10,20,22H,11H2,(H2,19,21,23)/b9-8-. The van der Waals surface area contributed by atoms with Crippen LogP contribution in [0, 0.1) is 5.82 Å². The van der Waals surface area contributed by atoms with Gasteiger partial charge in [-0.05, 0) is 35.9 Å². The quantitative estimate of drug-likeness (QED) is 0.585. The number of phenolic OH excluding ortho intramolecular Hbond substituents is 1. The van der Waals surface area contributed by atoms with Crippen molar-refractivity contribution >= 4 is 17.4 Å². The van der Waals surface area contributed by atoms with Crippen LogP contribution in [0.15, 0.2) is 65.8 Å². The van der Waals surface area contributed by atoms with Crippen LogP contribution in [0.5, 0.6) is 5.75 Å². The predicted molar refractivity (Wildman–Crippen MR) is 87.6 cm³/mol. The minimum Gasteiger partial charge on any atom is -0.505 e. The smallest absolute Gasteiger partial charge is 0.252 e. The number of carbonyl (C=O) groups excluding carboxylic acids is 1. The lowest BCUT2D eigenvalue weighted by Crippen LogP contribution is -2.13. The van der Waals surface area contributed by atoms with Gasteiger partial charge in [-0.15, -0.1) is 0 Å². The van der Waals surface area contributed by atoms with Gasteiger partial charge in [0.05, 0.1) is 6.42 Å². The Labute approximate surface area is 133 Å². The summed E-state index contributed by atoms with van der Waals surface area (Å²) in [4.78, 5) is 15.4. The summed E-state index contributed by atoms with van der Waals surface area (Å²) in [5.41, 5.74) is 6.92. The lowest BCUT2D eigenvalue weighted by atomic mass is 10.1. The van der Waals surface area contributed by atoms with Gasteiger partial charge in [0.15, 0.2) is 11.6 Å². The molecular formula is C17H16FN3O2. The van der Waals surface area contributed by atoms with Crippen LogP contribution in [0.3, 0.4) is 0 Å². The molecule has 0 atom stereocenters. The fourth-order valence-electron chi connectivity index (χ4n) is 1.81. The molecule has 0 aliphatic rings. The van der Waals surface area contributed by atoms with Gasteiger partial charge in [-0.2, -0.15) is 4.99 Å². The van der Waals surface area contributed by atoms with Crippen molar-refractivity contribution in [3.05, 3.63) is 72.2 Å². The monoisotopic (exact) mass is 313 g/mol. The molecular weight excluding hydrogens is 297 g/mol. The van der Waals surface area contributed by atoms with Crippen LogP contribution in [0.1, 0.15) is 5.56 Å². The fourth-order valence-corrected chi connectivity index (χ4v) is 1.81. The van der Waals surface area contributed by atoms with Crippen molar-refractivity contribution < 1.29 is 14.3 Å². The largest absolute Gasteiger partial charge is 0.505 e. The van der Waals surface area contributed by atoms with Gasteiger partial charge in [-0.1, -0.05) is 24.3 Å². The van der Waals surface area contributed by atoms with Crippen molar-refractivity contribution in [3.8, 4) is 5.75 Å². The Kier molecular flexibility index (Phi) is 5.46. The van der Waals surface area contributed by atoms with E-state index in [-0.39, 0.29) is 12.3 Å². The third-order valence-corrected chi connectivity index (χ3v) is 2.90. The average Bonchev–Trinajstić information content (AvgIpc) is 2.52. The minimum atomic E-state index is -0.779. The zero-order valence-corrected chi connectivity index (χ0v) is 12.2. The molecule has 0 saturated carbocycles. The molecule has 23 heavy (non-hydrogen) atoms. The van der Waals surface area contributed by atoms with Crippen LogP contribution in [-0.2, 0) is 11.2 Å². The van der Waals surface area contributed by atoms with Gasteiger partial charge in [-0.25, -0.2) is 4.39 Å². The molecule has 0 spiro atoms. The second-order valence-electron chi connectivity index (χ2n) is 4.74. The van der Waals surface area contributed by atoms with E-state index in [1.807, 2.05) is 30.3 Å². The molecule has 0 saturated heterocycles. The third-order valence-electron chi connectivity index (χ3n) is 2.90. The molecule has 5 nitrogen and oxygen atoms in total. The van der Waals surface area contributed by atoms with E-state index in [4.69, 9.17) is 10.8 Å². The molecule has 0 bridgehead atoms. The third kappa shape index (κ3) is 5.28. The number of halogens is 1. The van der Waals surface area contributed by atoms with Crippen molar-refractivity contribution in [1.29, 1.82) is 0 Å². The molecule has 0 aliphatic carbocycles. The molecule has 2 aromatic rings. The molecule has 0 fully saturated rings. The summed E-state index contributed by atoms with van der Waals surface area (Å²) < 4.78 is 13.2. The maximum atomic E-state index is 13.2. The van der Waals surface area contributed by atoms with Crippen molar-refractivity contribution in [3.63, 3.8) is 0 Å². The fraction of sp³-hybridized carbons (Fsp3) is 0.0588. The summed E-state index contributed by atoms with van der Waals surface area (Å²) >= 11 is 0. The Hall–Kier alpha value is -3.15. The number of phenols is 1. The zero-order valence-electron chi connectivity index (χ0n) is 12.2. The molecule has 118 valence electrons. The van der Waals surface area contributed by atoms with E-state index < -0.39 is 17.5 Å². The van der Waals surface area contributed by atoms with Gasteiger partial charge < -0.3 is 16.2 Å². The number of hydrogen-bond acceptors (Lipinski definition) is 3. The number of carbonyl (C=O) groups is 1. The SMILES string of the molecule is NC(/C=C\Nc1ccccc1)=NC(=O)Cc1ccc(O)c(F)c1. The highest BCUT2D eigenvalue weighted by Gasteiger charge is 2.06. The van der Waals surface area contributed by atoms with Gasteiger partial charge in [0.25, 0.3) is 5.91 Å². The highest BCUT2D eigenvalue weighted by molar-refractivity contribution is 6.00. The Morgan fingerprint density at radius 3 is 2.70 bits per heavy atom. The molecule has 2 rings (SSSR count). The summed E-state index contributed by atoms with van der Waals surface area (Å²) in [7, 11) is 0. The number of nitrogens with one attached hydrogen (secondary N) is 1. The number of para-hydroxylation sites is 1.